The van der Waals surface area contributed by atoms with Crippen molar-refractivity contribution < 1.29 is 9.53 Å². The molecule has 0 bridgehead atoms. The molecule has 0 radical (unpaired) electrons. The first kappa shape index (κ1) is 12.6. The average Bonchev–Trinajstić information content (AvgIpc) is 2.16. The monoisotopic (exact) mass is 266 g/mol. The molecule has 1 aromatic carbocycles. The van der Waals surface area contributed by atoms with Crippen LogP contribution in [-0.4, -0.2) is 18.3 Å². The third kappa shape index (κ3) is 4.74. The first-order valence-electron chi connectivity index (χ1n) is 4.28. The van der Waals surface area contributed by atoms with E-state index in [4.69, 9.17) is 39.5 Å². The highest BCUT2D eigenvalue weighted by Gasteiger charge is 2.02. The molecule has 0 heterocycles. The van der Waals surface area contributed by atoms with E-state index in [1.165, 1.54) is 0 Å². The Kier molecular flexibility index (Phi) is 5.23. The molecule has 1 rings (SSSR count). The van der Waals surface area contributed by atoms with Crippen LogP contribution in [0, 0.1) is 0 Å². The van der Waals surface area contributed by atoms with Crippen LogP contribution in [0.5, 0.6) is 5.75 Å². The number of rotatable bonds is 5. The zero-order chi connectivity index (χ0) is 11.3. The average molecular weight is 268 g/mol. The van der Waals surface area contributed by atoms with Crippen LogP contribution in [0.3, 0.4) is 0 Å². The van der Waals surface area contributed by atoms with Gasteiger partial charge < -0.3 is 4.74 Å². The lowest BCUT2D eigenvalue weighted by Gasteiger charge is -2.05. The van der Waals surface area contributed by atoms with Crippen LogP contribution in [-0.2, 0) is 4.79 Å². The Hall–Kier alpha value is -0.440. The number of ether oxygens (including phenoxy) is 1. The number of carbonyl (C=O) groups excluding carboxylic acids is 1. The van der Waals surface area contributed by atoms with Crippen molar-refractivity contribution in [2.45, 2.75) is 6.42 Å². The van der Waals surface area contributed by atoms with E-state index in [0.29, 0.717) is 15.8 Å². The molecule has 0 spiro atoms. The van der Waals surface area contributed by atoms with Crippen LogP contribution in [0.25, 0.3) is 0 Å². The van der Waals surface area contributed by atoms with Gasteiger partial charge in [-0.25, -0.2) is 0 Å². The number of alkyl halides is 1. The minimum Gasteiger partial charge on any atom is -0.493 e. The fraction of sp³-hybridized carbons (Fsp3) is 0.300. The maximum atomic E-state index is 10.9. The third-order valence-corrected chi connectivity index (χ3v) is 2.37. The van der Waals surface area contributed by atoms with Gasteiger partial charge in [-0.2, -0.15) is 0 Å². The lowest BCUT2D eigenvalue weighted by atomic mass is 10.3. The Labute approximate surface area is 103 Å². The van der Waals surface area contributed by atoms with Crippen molar-refractivity contribution in [2.75, 3.05) is 12.5 Å². The maximum Gasteiger partial charge on any atom is 0.150 e. The van der Waals surface area contributed by atoms with Crippen molar-refractivity contribution in [3.8, 4) is 5.75 Å². The Balaban J connectivity index is 2.47. The molecule has 5 heteroatoms. The molecule has 1 aromatic rings. The standard InChI is InChI=1S/C10H9Cl3O2/c11-6-9(14)1-2-15-10-4-7(12)3-8(13)5-10/h3-5H,1-2,6H2. The van der Waals surface area contributed by atoms with E-state index in [-0.39, 0.29) is 24.7 Å². The van der Waals surface area contributed by atoms with Crippen LogP contribution in [0.1, 0.15) is 6.42 Å². The van der Waals surface area contributed by atoms with Gasteiger partial charge in [0.05, 0.1) is 12.5 Å². The molecule has 0 aromatic heterocycles. The Morgan fingerprint density at radius 2 is 1.80 bits per heavy atom. The number of ketones is 1. The van der Waals surface area contributed by atoms with Crippen LogP contribution in [0.4, 0.5) is 0 Å². The predicted octanol–water partition coefficient (Wildman–Crippen LogP) is 3.57. The number of halogens is 3. The van der Waals surface area contributed by atoms with Crippen molar-refractivity contribution in [1.82, 2.24) is 0 Å². The molecule has 0 fully saturated rings. The Morgan fingerprint density at radius 1 is 1.20 bits per heavy atom. The van der Waals surface area contributed by atoms with Gasteiger partial charge in [0.25, 0.3) is 0 Å². The summed E-state index contributed by atoms with van der Waals surface area (Å²) < 4.78 is 5.29. The fourth-order valence-corrected chi connectivity index (χ4v) is 1.60. The zero-order valence-electron chi connectivity index (χ0n) is 7.80. The van der Waals surface area contributed by atoms with Crippen LogP contribution < -0.4 is 4.74 Å². The van der Waals surface area contributed by atoms with E-state index < -0.39 is 0 Å². The molecule has 82 valence electrons. The largest absolute Gasteiger partial charge is 0.493 e. The summed E-state index contributed by atoms with van der Waals surface area (Å²) in [5.74, 6) is 0.513. The molecule has 15 heavy (non-hydrogen) atoms. The van der Waals surface area contributed by atoms with Crippen molar-refractivity contribution in [3.63, 3.8) is 0 Å². The number of Topliss-reactive ketones (excluding diaryl/α,β-unsaturated/α-hetero) is 1. The molecule has 0 atom stereocenters. The first-order valence-corrected chi connectivity index (χ1v) is 5.57. The van der Waals surface area contributed by atoms with Crippen molar-refractivity contribution in [2.24, 2.45) is 0 Å². The first-order chi connectivity index (χ1) is 7.11. The second-order valence-electron chi connectivity index (χ2n) is 2.88. The number of hydrogen-bond acceptors (Lipinski definition) is 2. The molecule has 2 nitrogen and oxygen atoms in total. The maximum absolute atomic E-state index is 10.9. The third-order valence-electron chi connectivity index (χ3n) is 1.63. The minimum atomic E-state index is -0.0511. The van der Waals surface area contributed by atoms with E-state index in [1.54, 1.807) is 18.2 Å². The number of carbonyl (C=O) groups is 1. The SMILES string of the molecule is O=C(CCl)CCOc1cc(Cl)cc(Cl)c1. The summed E-state index contributed by atoms with van der Waals surface area (Å²) >= 11 is 16.9. The summed E-state index contributed by atoms with van der Waals surface area (Å²) in [6, 6.07) is 4.89. The molecule has 0 N–H and O–H groups in total. The molecular formula is C10H9Cl3O2. The summed E-state index contributed by atoms with van der Waals surface area (Å²) in [4.78, 5) is 10.9. The smallest absolute Gasteiger partial charge is 0.150 e. The summed E-state index contributed by atoms with van der Waals surface area (Å²) in [5.41, 5.74) is 0. The second-order valence-corrected chi connectivity index (χ2v) is 4.02. The minimum absolute atomic E-state index is 0.0136. The quantitative estimate of drug-likeness (QED) is 0.762. The Morgan fingerprint density at radius 3 is 2.33 bits per heavy atom. The number of benzene rings is 1. The van der Waals surface area contributed by atoms with E-state index >= 15 is 0 Å². The molecule has 0 unspecified atom stereocenters. The van der Waals surface area contributed by atoms with Gasteiger partial charge in [0, 0.05) is 16.5 Å². The summed E-state index contributed by atoms with van der Waals surface area (Å²) in [6.45, 7) is 0.280. The Bertz CT molecular complexity index is 332. The van der Waals surface area contributed by atoms with Crippen molar-refractivity contribution in [1.29, 1.82) is 0 Å². The lowest BCUT2D eigenvalue weighted by Crippen LogP contribution is -2.06. The van der Waals surface area contributed by atoms with E-state index in [2.05, 4.69) is 0 Å². The second kappa shape index (κ2) is 6.21. The summed E-state index contributed by atoms with van der Waals surface area (Å²) in [7, 11) is 0. The van der Waals surface area contributed by atoms with Gasteiger partial charge in [0.15, 0.2) is 5.78 Å². The lowest BCUT2D eigenvalue weighted by molar-refractivity contribution is -0.117. The highest BCUT2D eigenvalue weighted by atomic mass is 35.5. The summed E-state index contributed by atoms with van der Waals surface area (Å²) in [6.07, 6.45) is 0.285. The molecule has 0 saturated heterocycles. The molecule has 0 amide bonds. The van der Waals surface area contributed by atoms with E-state index in [0.717, 1.165) is 0 Å². The highest BCUT2D eigenvalue weighted by molar-refractivity contribution is 6.34. The van der Waals surface area contributed by atoms with Crippen LogP contribution in [0.2, 0.25) is 10.0 Å². The zero-order valence-corrected chi connectivity index (χ0v) is 10.1. The van der Waals surface area contributed by atoms with E-state index in [9.17, 15) is 4.79 Å². The van der Waals surface area contributed by atoms with Crippen molar-refractivity contribution in [3.05, 3.63) is 28.2 Å². The van der Waals surface area contributed by atoms with Gasteiger partial charge in [-0.05, 0) is 18.2 Å². The van der Waals surface area contributed by atoms with Gasteiger partial charge in [-0.15, -0.1) is 11.6 Å². The molecule has 0 saturated carbocycles. The van der Waals surface area contributed by atoms with Crippen LogP contribution >= 0.6 is 34.8 Å². The normalized spacial score (nSPS) is 10.1. The molecule has 0 aliphatic rings. The molecular weight excluding hydrogens is 258 g/mol. The highest BCUT2D eigenvalue weighted by Crippen LogP contribution is 2.24. The van der Waals surface area contributed by atoms with Gasteiger partial charge in [0.1, 0.15) is 5.75 Å². The van der Waals surface area contributed by atoms with E-state index in [1.807, 2.05) is 0 Å². The van der Waals surface area contributed by atoms with Crippen LogP contribution in [0.15, 0.2) is 18.2 Å². The topological polar surface area (TPSA) is 26.3 Å². The van der Waals surface area contributed by atoms with Gasteiger partial charge in [-0.1, -0.05) is 23.2 Å². The summed E-state index contributed by atoms with van der Waals surface area (Å²) in [5, 5.41) is 1.00. The fourth-order valence-electron chi connectivity index (χ4n) is 0.961. The van der Waals surface area contributed by atoms with Gasteiger partial charge in [-0.3, -0.25) is 4.79 Å². The number of hydrogen-bond donors (Lipinski definition) is 0. The van der Waals surface area contributed by atoms with Crippen molar-refractivity contribution >= 4 is 40.6 Å². The van der Waals surface area contributed by atoms with Gasteiger partial charge >= 0.3 is 0 Å². The predicted molar refractivity (Wildman–Crippen MR) is 62.3 cm³/mol. The molecule has 0 aliphatic heterocycles. The molecule has 0 aliphatic carbocycles. The van der Waals surface area contributed by atoms with Gasteiger partial charge in [0.2, 0.25) is 0 Å².